The van der Waals surface area contributed by atoms with Gasteiger partial charge >= 0.3 is 0 Å². The summed E-state index contributed by atoms with van der Waals surface area (Å²) in [6.07, 6.45) is 20.5. The molecule has 0 radical (unpaired) electrons. The molecule has 0 rings (SSSR count). The van der Waals surface area contributed by atoms with Crippen LogP contribution in [0.5, 0.6) is 0 Å². The van der Waals surface area contributed by atoms with Gasteiger partial charge in [-0.25, -0.2) is 0 Å². The lowest BCUT2D eigenvalue weighted by molar-refractivity contribution is 0.563. The molecule has 0 aromatic heterocycles. The maximum absolute atomic E-state index is 2.30. The zero-order valence-corrected chi connectivity index (χ0v) is 13.4. The Bertz CT molecular complexity index is 109. The van der Waals surface area contributed by atoms with Gasteiger partial charge in [0.25, 0.3) is 0 Å². The van der Waals surface area contributed by atoms with Crippen molar-refractivity contribution in [3.63, 3.8) is 0 Å². The Morgan fingerprint density at radius 1 is 0.471 bits per heavy atom. The fraction of sp³-hybridized carbons (Fsp3) is 1.00. The summed E-state index contributed by atoms with van der Waals surface area (Å²) in [6, 6.07) is 0. The summed E-state index contributed by atoms with van der Waals surface area (Å²) in [5.74, 6) is 0. The van der Waals surface area contributed by atoms with Crippen LogP contribution in [0.3, 0.4) is 0 Å². The minimum Gasteiger partial charge on any atom is -0.122 e. The number of hydrogen-bond donors (Lipinski definition) is 0. The first kappa shape index (κ1) is 17.4. The molecule has 0 nitrogen and oxygen atoms in total. The van der Waals surface area contributed by atoms with Gasteiger partial charge in [-0.05, 0) is 25.2 Å². The van der Waals surface area contributed by atoms with Crippen LogP contribution in [0.2, 0.25) is 0 Å². The van der Waals surface area contributed by atoms with Crippen molar-refractivity contribution in [1.82, 2.24) is 0 Å². The van der Waals surface area contributed by atoms with Crippen LogP contribution < -0.4 is 0 Å². The molecule has 0 aliphatic carbocycles. The minimum absolute atomic E-state index is 1.25. The minimum atomic E-state index is 1.25. The van der Waals surface area contributed by atoms with E-state index >= 15 is 0 Å². The van der Waals surface area contributed by atoms with Gasteiger partial charge in [-0.15, -0.1) is 8.58 Å². The Kier molecular flexibility index (Phi) is 16.8. The van der Waals surface area contributed by atoms with Crippen molar-refractivity contribution in [3.05, 3.63) is 0 Å². The lowest BCUT2D eigenvalue weighted by Gasteiger charge is -2.02. The third-order valence-corrected chi connectivity index (χ3v) is 4.83. The van der Waals surface area contributed by atoms with Gasteiger partial charge in [0.1, 0.15) is 0 Å². The van der Waals surface area contributed by atoms with E-state index in [0.29, 0.717) is 0 Å². The summed E-state index contributed by atoms with van der Waals surface area (Å²) in [5.41, 5.74) is 0. The fourth-order valence-corrected chi connectivity index (χ4v) is 3.52. The van der Waals surface area contributed by atoms with E-state index in [4.69, 9.17) is 0 Å². The average Bonchev–Trinajstić information content (AvgIpc) is 2.35. The summed E-state index contributed by atoms with van der Waals surface area (Å²) < 4.78 is 0. The van der Waals surface area contributed by atoms with Gasteiger partial charge in [-0.1, -0.05) is 78.1 Å². The van der Waals surface area contributed by atoms with E-state index in [0.717, 1.165) is 0 Å². The molecular formula is C16H35P. The molecule has 104 valence electrons. The standard InChI is InChI=1S/C16H35P/c1-3-5-7-8-9-10-11-12-13-14-16-17-15-6-4-2/h17H,3-16H2,1-2H3. The van der Waals surface area contributed by atoms with Gasteiger partial charge in [-0.2, -0.15) is 0 Å². The number of unbranched alkanes of at least 4 members (excludes halogenated alkanes) is 10. The highest BCUT2D eigenvalue weighted by Crippen LogP contribution is 2.17. The van der Waals surface area contributed by atoms with Crippen molar-refractivity contribution < 1.29 is 0 Å². The van der Waals surface area contributed by atoms with Crippen LogP contribution in [0.4, 0.5) is 0 Å². The molecule has 1 atom stereocenters. The summed E-state index contributed by atoms with van der Waals surface area (Å²) in [4.78, 5) is 0. The van der Waals surface area contributed by atoms with Crippen LogP contribution in [0.25, 0.3) is 0 Å². The van der Waals surface area contributed by atoms with Gasteiger partial charge in [0.05, 0.1) is 0 Å². The van der Waals surface area contributed by atoms with E-state index in [-0.39, 0.29) is 0 Å². The number of rotatable bonds is 14. The fourth-order valence-electron chi connectivity index (χ4n) is 2.16. The molecule has 0 aliphatic heterocycles. The van der Waals surface area contributed by atoms with Gasteiger partial charge in [0, 0.05) is 0 Å². The Balaban J connectivity index is 2.85. The SMILES string of the molecule is CCCCCCCCCCCCPCCCC. The van der Waals surface area contributed by atoms with E-state index in [9.17, 15) is 0 Å². The third kappa shape index (κ3) is 16.4. The van der Waals surface area contributed by atoms with Crippen molar-refractivity contribution >= 4 is 8.58 Å². The monoisotopic (exact) mass is 258 g/mol. The van der Waals surface area contributed by atoms with Gasteiger partial charge < -0.3 is 0 Å². The van der Waals surface area contributed by atoms with E-state index < -0.39 is 0 Å². The largest absolute Gasteiger partial charge is 0.122 e. The summed E-state index contributed by atoms with van der Waals surface area (Å²) in [6.45, 7) is 4.59. The highest BCUT2D eigenvalue weighted by Gasteiger charge is 1.93. The second-order valence-electron chi connectivity index (χ2n) is 5.29. The zero-order chi connectivity index (χ0) is 12.6. The van der Waals surface area contributed by atoms with E-state index in [1.54, 1.807) is 0 Å². The molecule has 0 saturated carbocycles. The quantitative estimate of drug-likeness (QED) is 0.250. The topological polar surface area (TPSA) is 0 Å². The summed E-state index contributed by atoms with van der Waals surface area (Å²) in [7, 11) is 1.25. The molecule has 0 N–H and O–H groups in total. The van der Waals surface area contributed by atoms with Gasteiger partial charge in [0.2, 0.25) is 0 Å². The maximum Gasteiger partial charge on any atom is -0.0353 e. The van der Waals surface area contributed by atoms with Crippen molar-refractivity contribution in [2.24, 2.45) is 0 Å². The van der Waals surface area contributed by atoms with Crippen LogP contribution >= 0.6 is 8.58 Å². The highest BCUT2D eigenvalue weighted by atomic mass is 31.1. The molecule has 0 aromatic rings. The molecule has 0 aromatic carbocycles. The molecule has 0 amide bonds. The molecule has 1 unspecified atom stereocenters. The molecule has 0 fully saturated rings. The molecule has 0 spiro atoms. The first-order valence-electron chi connectivity index (χ1n) is 8.12. The summed E-state index contributed by atoms with van der Waals surface area (Å²) >= 11 is 0. The first-order chi connectivity index (χ1) is 8.41. The second kappa shape index (κ2) is 16.4. The molecule has 0 aliphatic rings. The van der Waals surface area contributed by atoms with Gasteiger partial charge in [-0.3, -0.25) is 0 Å². The highest BCUT2D eigenvalue weighted by molar-refractivity contribution is 7.37. The van der Waals surface area contributed by atoms with Crippen molar-refractivity contribution in [2.75, 3.05) is 12.3 Å². The zero-order valence-electron chi connectivity index (χ0n) is 12.4. The Morgan fingerprint density at radius 3 is 1.41 bits per heavy atom. The lowest BCUT2D eigenvalue weighted by atomic mass is 10.1. The predicted molar refractivity (Wildman–Crippen MR) is 84.8 cm³/mol. The predicted octanol–water partition coefficient (Wildman–Crippen LogP) is 6.39. The molecule has 0 saturated heterocycles. The van der Waals surface area contributed by atoms with Crippen molar-refractivity contribution in [1.29, 1.82) is 0 Å². The van der Waals surface area contributed by atoms with Crippen LogP contribution in [-0.4, -0.2) is 12.3 Å². The molecule has 1 heteroatoms. The lowest BCUT2D eigenvalue weighted by Crippen LogP contribution is -1.84. The molecule has 0 bridgehead atoms. The molecule has 0 heterocycles. The Labute approximate surface area is 112 Å². The number of hydrogen-bond acceptors (Lipinski definition) is 0. The smallest absolute Gasteiger partial charge is 0.0353 e. The van der Waals surface area contributed by atoms with Crippen LogP contribution in [-0.2, 0) is 0 Å². The molecule has 17 heavy (non-hydrogen) atoms. The maximum atomic E-state index is 2.30. The van der Waals surface area contributed by atoms with Crippen LogP contribution in [0.1, 0.15) is 90.9 Å². The van der Waals surface area contributed by atoms with Crippen LogP contribution in [0.15, 0.2) is 0 Å². The normalized spacial score (nSPS) is 11.6. The van der Waals surface area contributed by atoms with Gasteiger partial charge in [0.15, 0.2) is 0 Å². The third-order valence-electron chi connectivity index (χ3n) is 3.41. The van der Waals surface area contributed by atoms with E-state index in [2.05, 4.69) is 13.8 Å². The van der Waals surface area contributed by atoms with E-state index in [1.807, 2.05) is 0 Å². The molecular weight excluding hydrogens is 223 g/mol. The van der Waals surface area contributed by atoms with E-state index in [1.165, 1.54) is 98.0 Å². The Morgan fingerprint density at radius 2 is 0.882 bits per heavy atom. The average molecular weight is 258 g/mol. The first-order valence-corrected chi connectivity index (χ1v) is 9.54. The summed E-state index contributed by atoms with van der Waals surface area (Å²) in [5, 5.41) is 0. The van der Waals surface area contributed by atoms with Crippen LogP contribution in [0, 0.1) is 0 Å². The second-order valence-corrected chi connectivity index (χ2v) is 6.79. The van der Waals surface area contributed by atoms with Crippen molar-refractivity contribution in [3.8, 4) is 0 Å². The van der Waals surface area contributed by atoms with Crippen molar-refractivity contribution in [2.45, 2.75) is 90.9 Å². The Hall–Kier alpha value is 0.430.